The first kappa shape index (κ1) is 14.9. The van der Waals surface area contributed by atoms with Gasteiger partial charge in [0.15, 0.2) is 5.82 Å². The van der Waals surface area contributed by atoms with Crippen molar-refractivity contribution in [3.63, 3.8) is 0 Å². The summed E-state index contributed by atoms with van der Waals surface area (Å²) in [4.78, 5) is 4.23. The fourth-order valence-electron chi connectivity index (χ4n) is 1.90. The van der Waals surface area contributed by atoms with Gasteiger partial charge >= 0.3 is 0 Å². The first-order chi connectivity index (χ1) is 9.55. The molecule has 0 unspecified atom stereocenters. The van der Waals surface area contributed by atoms with E-state index < -0.39 is 0 Å². The van der Waals surface area contributed by atoms with E-state index >= 15 is 0 Å². The van der Waals surface area contributed by atoms with Gasteiger partial charge in [0.2, 0.25) is 0 Å². The summed E-state index contributed by atoms with van der Waals surface area (Å²) in [6.07, 6.45) is 2.84. The molecule has 4 N–H and O–H groups in total. The van der Waals surface area contributed by atoms with Gasteiger partial charge in [-0.05, 0) is 12.5 Å². The summed E-state index contributed by atoms with van der Waals surface area (Å²) in [5.41, 5.74) is 4.58. The Bertz CT molecular complexity index is 610. The zero-order chi connectivity index (χ0) is 14.7. The van der Waals surface area contributed by atoms with Crippen LogP contribution in [0.2, 0.25) is 10.0 Å². The number of halogens is 2. The Hall–Kier alpha value is -1.50. The summed E-state index contributed by atoms with van der Waals surface area (Å²) in [5, 5.41) is 8.36. The standard InChI is InChI=1S/C12H16Cl2N6/c1-3-10-7(6-20(2)19-10)5-16-11-8(13)4-9(14)12(17-11)18-15/h4,6H,3,5,15H2,1-2H3,(H2,16,17,18). The maximum absolute atomic E-state index is 6.10. The van der Waals surface area contributed by atoms with Gasteiger partial charge in [0.25, 0.3) is 0 Å². The van der Waals surface area contributed by atoms with Gasteiger partial charge in [0.05, 0.1) is 15.7 Å². The summed E-state index contributed by atoms with van der Waals surface area (Å²) >= 11 is 12.0. The molecule has 0 spiro atoms. The minimum Gasteiger partial charge on any atom is -0.365 e. The number of pyridine rings is 1. The summed E-state index contributed by atoms with van der Waals surface area (Å²) in [6.45, 7) is 2.64. The Morgan fingerprint density at radius 2 is 2.00 bits per heavy atom. The van der Waals surface area contributed by atoms with Gasteiger partial charge in [-0.15, -0.1) is 0 Å². The van der Waals surface area contributed by atoms with Crippen molar-refractivity contribution in [2.45, 2.75) is 19.9 Å². The first-order valence-corrected chi connectivity index (χ1v) is 6.88. The van der Waals surface area contributed by atoms with Crippen molar-refractivity contribution in [2.24, 2.45) is 12.9 Å². The smallest absolute Gasteiger partial charge is 0.161 e. The van der Waals surface area contributed by atoms with E-state index in [1.807, 2.05) is 13.2 Å². The molecule has 20 heavy (non-hydrogen) atoms. The van der Waals surface area contributed by atoms with Crippen LogP contribution < -0.4 is 16.6 Å². The minimum atomic E-state index is 0.374. The molecule has 0 saturated carbocycles. The van der Waals surface area contributed by atoms with Gasteiger partial charge in [-0.1, -0.05) is 30.1 Å². The largest absolute Gasteiger partial charge is 0.365 e. The second kappa shape index (κ2) is 6.30. The normalized spacial score (nSPS) is 10.7. The Balaban J connectivity index is 2.18. The molecule has 0 fully saturated rings. The lowest BCUT2D eigenvalue weighted by atomic mass is 10.2. The lowest BCUT2D eigenvalue weighted by molar-refractivity contribution is 0.746. The summed E-state index contributed by atoms with van der Waals surface area (Å²) in [7, 11) is 1.90. The third-order valence-corrected chi connectivity index (χ3v) is 3.42. The van der Waals surface area contributed by atoms with Crippen LogP contribution in [0.25, 0.3) is 0 Å². The highest BCUT2D eigenvalue weighted by atomic mass is 35.5. The molecular formula is C12H16Cl2N6. The third kappa shape index (κ3) is 3.15. The van der Waals surface area contributed by atoms with Crippen molar-refractivity contribution in [3.8, 4) is 0 Å². The van der Waals surface area contributed by atoms with Crippen LogP contribution in [0, 0.1) is 0 Å². The number of anilines is 2. The Morgan fingerprint density at radius 1 is 1.30 bits per heavy atom. The van der Waals surface area contributed by atoms with Gasteiger partial charge in [-0.3, -0.25) is 4.68 Å². The maximum atomic E-state index is 6.10. The highest BCUT2D eigenvalue weighted by Crippen LogP contribution is 2.29. The van der Waals surface area contributed by atoms with Crippen molar-refractivity contribution in [1.82, 2.24) is 14.8 Å². The topological polar surface area (TPSA) is 80.8 Å². The fourth-order valence-corrected chi connectivity index (χ4v) is 2.38. The Kier molecular flexibility index (Phi) is 4.69. The number of aryl methyl sites for hydroxylation is 2. The zero-order valence-electron chi connectivity index (χ0n) is 11.2. The molecule has 8 heteroatoms. The number of rotatable bonds is 5. The predicted octanol–water partition coefficient (Wildman–Crippen LogP) is 2.58. The third-order valence-electron chi connectivity index (χ3n) is 2.84. The molecule has 0 aliphatic carbocycles. The van der Waals surface area contributed by atoms with Gasteiger partial charge < -0.3 is 10.7 Å². The molecule has 0 atom stereocenters. The molecule has 0 amide bonds. The number of nitrogen functional groups attached to an aromatic ring is 1. The van der Waals surface area contributed by atoms with Gasteiger partial charge in [0, 0.05) is 25.4 Å². The van der Waals surface area contributed by atoms with Gasteiger partial charge in [-0.2, -0.15) is 5.10 Å². The zero-order valence-corrected chi connectivity index (χ0v) is 12.8. The van der Waals surface area contributed by atoms with Gasteiger partial charge in [0.1, 0.15) is 5.82 Å². The Labute approximate surface area is 127 Å². The van der Waals surface area contributed by atoms with Crippen molar-refractivity contribution < 1.29 is 0 Å². The second-order valence-electron chi connectivity index (χ2n) is 4.28. The number of hydrogen-bond donors (Lipinski definition) is 3. The number of aromatic nitrogens is 3. The lowest BCUT2D eigenvalue weighted by Gasteiger charge is -2.10. The quantitative estimate of drug-likeness (QED) is 0.584. The van der Waals surface area contributed by atoms with E-state index in [-0.39, 0.29) is 0 Å². The molecule has 6 nitrogen and oxygen atoms in total. The molecule has 0 aliphatic heterocycles. The molecular weight excluding hydrogens is 299 g/mol. The van der Waals surface area contributed by atoms with Crippen LogP contribution >= 0.6 is 23.2 Å². The minimum absolute atomic E-state index is 0.374. The first-order valence-electron chi connectivity index (χ1n) is 6.13. The molecule has 0 saturated heterocycles. The van der Waals surface area contributed by atoms with Crippen LogP contribution in [0.4, 0.5) is 11.6 Å². The maximum Gasteiger partial charge on any atom is 0.161 e. The number of nitrogens with zero attached hydrogens (tertiary/aromatic N) is 3. The van der Waals surface area contributed by atoms with Crippen LogP contribution in [0.5, 0.6) is 0 Å². The number of hydrazine groups is 1. The summed E-state index contributed by atoms with van der Waals surface area (Å²) in [5.74, 6) is 6.24. The monoisotopic (exact) mass is 314 g/mol. The van der Waals surface area contributed by atoms with E-state index in [1.54, 1.807) is 10.7 Å². The van der Waals surface area contributed by atoms with E-state index in [1.165, 1.54) is 0 Å². The number of nitrogens with two attached hydrogens (primary N) is 1. The number of hydrogen-bond acceptors (Lipinski definition) is 5. The van der Waals surface area contributed by atoms with E-state index in [2.05, 4.69) is 27.7 Å². The van der Waals surface area contributed by atoms with E-state index in [9.17, 15) is 0 Å². The van der Waals surface area contributed by atoms with Crippen molar-refractivity contribution in [3.05, 3.63) is 33.6 Å². The fraction of sp³-hybridized carbons (Fsp3) is 0.333. The van der Waals surface area contributed by atoms with Crippen molar-refractivity contribution in [2.75, 3.05) is 10.7 Å². The molecule has 2 aromatic heterocycles. The second-order valence-corrected chi connectivity index (χ2v) is 5.09. The average Bonchev–Trinajstić information content (AvgIpc) is 2.78. The molecule has 108 valence electrons. The molecule has 0 radical (unpaired) electrons. The summed E-state index contributed by atoms with van der Waals surface area (Å²) < 4.78 is 1.79. The Morgan fingerprint density at radius 3 is 2.65 bits per heavy atom. The van der Waals surface area contributed by atoms with Crippen molar-refractivity contribution in [1.29, 1.82) is 0 Å². The SMILES string of the molecule is CCc1nn(C)cc1CNc1nc(NN)c(Cl)cc1Cl. The molecule has 0 aliphatic rings. The molecule has 0 aromatic carbocycles. The van der Waals surface area contributed by atoms with E-state index in [0.29, 0.717) is 28.2 Å². The van der Waals surface area contributed by atoms with Crippen LogP contribution in [0.1, 0.15) is 18.2 Å². The molecule has 2 rings (SSSR count). The van der Waals surface area contributed by atoms with E-state index in [4.69, 9.17) is 29.0 Å². The van der Waals surface area contributed by atoms with Crippen LogP contribution in [-0.4, -0.2) is 14.8 Å². The van der Waals surface area contributed by atoms with Crippen LogP contribution in [0.15, 0.2) is 12.3 Å². The van der Waals surface area contributed by atoms with E-state index in [0.717, 1.165) is 17.7 Å². The van der Waals surface area contributed by atoms with Gasteiger partial charge in [-0.25, -0.2) is 10.8 Å². The van der Waals surface area contributed by atoms with Crippen LogP contribution in [-0.2, 0) is 20.0 Å². The average molecular weight is 315 g/mol. The molecule has 2 aromatic rings. The highest BCUT2D eigenvalue weighted by Gasteiger charge is 2.10. The lowest BCUT2D eigenvalue weighted by Crippen LogP contribution is -2.11. The van der Waals surface area contributed by atoms with Crippen LogP contribution in [0.3, 0.4) is 0 Å². The highest BCUT2D eigenvalue weighted by molar-refractivity contribution is 6.37. The predicted molar refractivity (Wildman–Crippen MR) is 82.0 cm³/mol. The van der Waals surface area contributed by atoms with Crippen molar-refractivity contribution >= 4 is 34.8 Å². The molecule has 0 bridgehead atoms. The number of nitrogens with one attached hydrogen (secondary N) is 2. The molecule has 2 heterocycles. The summed E-state index contributed by atoms with van der Waals surface area (Å²) in [6, 6.07) is 1.59.